The fourth-order valence-electron chi connectivity index (χ4n) is 4.60. The Labute approximate surface area is 181 Å². The van der Waals surface area contributed by atoms with Gasteiger partial charge in [-0.3, -0.25) is 4.84 Å². The molecular weight excluding hydrogens is 374 g/mol. The highest BCUT2D eigenvalue weighted by Gasteiger charge is 2.48. The monoisotopic (exact) mass is 409 g/mol. The van der Waals surface area contributed by atoms with Crippen LogP contribution in [0.2, 0.25) is 0 Å². The molecular formula is C26H35NO3. The van der Waals surface area contributed by atoms with Gasteiger partial charge < -0.3 is 4.74 Å². The van der Waals surface area contributed by atoms with Gasteiger partial charge >= 0.3 is 5.97 Å². The fourth-order valence-corrected chi connectivity index (χ4v) is 4.60. The number of carbonyl (C=O) groups excluding carboxylic acids is 1. The number of hydrogen-bond donors (Lipinski definition) is 0. The van der Waals surface area contributed by atoms with E-state index in [0.717, 1.165) is 12.8 Å². The number of carbonyl (C=O) groups is 1. The first kappa shape index (κ1) is 22.5. The second-order valence-corrected chi connectivity index (χ2v) is 10.2. The van der Waals surface area contributed by atoms with E-state index in [9.17, 15) is 4.79 Å². The Morgan fingerprint density at radius 1 is 0.933 bits per heavy atom. The molecule has 0 atom stereocenters. The molecule has 0 N–H and O–H groups in total. The molecule has 30 heavy (non-hydrogen) atoms. The molecule has 1 heterocycles. The standard InChI is InChI=1S/C26H35NO3/c1-24(2,21-15-11-8-12-16-21)19-29-27-25(3,4)17-22(18-26(27,5)6)30-23(28)20-13-9-7-10-14-20/h7-16,22H,17-19H2,1-6H3. The third kappa shape index (κ3) is 5.11. The van der Waals surface area contributed by atoms with E-state index in [0.29, 0.717) is 12.2 Å². The van der Waals surface area contributed by atoms with Crippen LogP contribution in [-0.2, 0) is 15.0 Å². The van der Waals surface area contributed by atoms with Crippen LogP contribution in [0.5, 0.6) is 0 Å². The van der Waals surface area contributed by atoms with Crippen LogP contribution < -0.4 is 0 Å². The lowest BCUT2D eigenvalue weighted by Gasteiger charge is -2.53. The van der Waals surface area contributed by atoms with Crippen molar-refractivity contribution in [3.63, 3.8) is 0 Å². The second-order valence-electron chi connectivity index (χ2n) is 10.2. The Bertz CT molecular complexity index is 825. The maximum Gasteiger partial charge on any atom is 0.338 e. The molecule has 0 aliphatic carbocycles. The van der Waals surface area contributed by atoms with E-state index in [1.165, 1.54) is 5.56 Å². The van der Waals surface area contributed by atoms with Crippen molar-refractivity contribution < 1.29 is 14.4 Å². The zero-order valence-electron chi connectivity index (χ0n) is 19.1. The smallest absolute Gasteiger partial charge is 0.338 e. The van der Waals surface area contributed by atoms with Crippen molar-refractivity contribution in [2.75, 3.05) is 6.61 Å². The molecule has 0 unspecified atom stereocenters. The van der Waals surface area contributed by atoms with Crippen LogP contribution in [-0.4, -0.2) is 34.8 Å². The van der Waals surface area contributed by atoms with Crippen LogP contribution in [0.25, 0.3) is 0 Å². The lowest BCUT2D eigenvalue weighted by molar-refractivity contribution is -0.297. The lowest BCUT2D eigenvalue weighted by atomic mass is 9.80. The lowest BCUT2D eigenvalue weighted by Crippen LogP contribution is -2.62. The summed E-state index contributed by atoms with van der Waals surface area (Å²) < 4.78 is 5.89. The minimum absolute atomic E-state index is 0.107. The van der Waals surface area contributed by atoms with Gasteiger partial charge in [-0.25, -0.2) is 4.79 Å². The van der Waals surface area contributed by atoms with Crippen molar-refractivity contribution in [1.82, 2.24) is 5.06 Å². The van der Waals surface area contributed by atoms with E-state index in [1.807, 2.05) is 24.3 Å². The summed E-state index contributed by atoms with van der Waals surface area (Å²) in [6.45, 7) is 13.6. The van der Waals surface area contributed by atoms with Gasteiger partial charge in [0.25, 0.3) is 0 Å². The van der Waals surface area contributed by atoms with Gasteiger partial charge in [-0.1, -0.05) is 62.4 Å². The van der Waals surface area contributed by atoms with Gasteiger partial charge in [0.05, 0.1) is 12.2 Å². The number of piperidine rings is 1. The molecule has 1 aliphatic heterocycles. The molecule has 1 saturated heterocycles. The number of esters is 1. The number of hydroxylamine groups is 2. The molecule has 1 fully saturated rings. The van der Waals surface area contributed by atoms with Gasteiger partial charge in [0.15, 0.2) is 0 Å². The summed E-state index contributed by atoms with van der Waals surface area (Å²) in [7, 11) is 0. The summed E-state index contributed by atoms with van der Waals surface area (Å²) in [5, 5.41) is 2.12. The Morgan fingerprint density at radius 3 is 1.97 bits per heavy atom. The van der Waals surface area contributed by atoms with Gasteiger partial charge in [0.1, 0.15) is 6.10 Å². The summed E-state index contributed by atoms with van der Waals surface area (Å²) in [5.74, 6) is -0.258. The van der Waals surface area contributed by atoms with E-state index in [2.05, 4.69) is 70.9 Å². The Hall–Kier alpha value is -2.17. The molecule has 0 bridgehead atoms. The van der Waals surface area contributed by atoms with Crippen molar-refractivity contribution >= 4 is 5.97 Å². The molecule has 2 aromatic rings. The first-order chi connectivity index (χ1) is 14.0. The number of nitrogens with zero attached hydrogens (tertiary/aromatic N) is 1. The zero-order valence-corrected chi connectivity index (χ0v) is 19.1. The van der Waals surface area contributed by atoms with E-state index >= 15 is 0 Å². The summed E-state index contributed by atoms with van der Waals surface area (Å²) in [5.41, 5.74) is 1.21. The SMILES string of the molecule is CC(C)(CON1C(C)(C)CC(OC(=O)c2ccccc2)CC1(C)C)c1ccccc1. The maximum absolute atomic E-state index is 12.6. The first-order valence-corrected chi connectivity index (χ1v) is 10.8. The molecule has 0 radical (unpaired) electrons. The van der Waals surface area contributed by atoms with Crippen LogP contribution in [0.3, 0.4) is 0 Å². The highest BCUT2D eigenvalue weighted by molar-refractivity contribution is 5.89. The Kier molecular flexibility index (Phi) is 6.40. The van der Waals surface area contributed by atoms with E-state index in [4.69, 9.17) is 9.57 Å². The fraction of sp³-hybridized carbons (Fsp3) is 0.500. The summed E-state index contributed by atoms with van der Waals surface area (Å²) in [4.78, 5) is 19.0. The van der Waals surface area contributed by atoms with Crippen molar-refractivity contribution in [1.29, 1.82) is 0 Å². The van der Waals surface area contributed by atoms with Gasteiger partial charge in [0.2, 0.25) is 0 Å². The quantitative estimate of drug-likeness (QED) is 0.567. The molecule has 0 amide bonds. The average molecular weight is 410 g/mol. The van der Waals surface area contributed by atoms with Crippen molar-refractivity contribution in [3.8, 4) is 0 Å². The minimum Gasteiger partial charge on any atom is -0.459 e. The third-order valence-electron chi connectivity index (χ3n) is 5.95. The van der Waals surface area contributed by atoms with Gasteiger partial charge in [-0.15, -0.1) is 0 Å². The van der Waals surface area contributed by atoms with Crippen LogP contribution in [0.15, 0.2) is 60.7 Å². The molecule has 4 heteroatoms. The number of hydrogen-bond acceptors (Lipinski definition) is 4. The molecule has 4 nitrogen and oxygen atoms in total. The molecule has 3 rings (SSSR count). The Morgan fingerprint density at radius 2 is 1.43 bits per heavy atom. The van der Waals surface area contributed by atoms with Gasteiger partial charge in [-0.05, 0) is 45.4 Å². The molecule has 0 aromatic heterocycles. The summed E-state index contributed by atoms with van der Waals surface area (Å²) >= 11 is 0. The largest absolute Gasteiger partial charge is 0.459 e. The van der Waals surface area contributed by atoms with Crippen LogP contribution >= 0.6 is 0 Å². The third-order valence-corrected chi connectivity index (χ3v) is 5.95. The van der Waals surface area contributed by atoms with Crippen molar-refractivity contribution in [2.24, 2.45) is 0 Å². The predicted octanol–water partition coefficient (Wildman–Crippen LogP) is 5.77. The first-order valence-electron chi connectivity index (χ1n) is 10.8. The normalized spacial score (nSPS) is 19.4. The van der Waals surface area contributed by atoms with Crippen molar-refractivity contribution in [2.45, 2.75) is 77.0 Å². The van der Waals surface area contributed by atoms with Crippen LogP contribution in [0, 0.1) is 0 Å². The zero-order chi connectivity index (χ0) is 22.0. The molecule has 1 aliphatic rings. The number of ether oxygens (including phenoxy) is 1. The molecule has 0 saturated carbocycles. The van der Waals surface area contributed by atoms with Crippen LogP contribution in [0.4, 0.5) is 0 Å². The van der Waals surface area contributed by atoms with E-state index in [-0.39, 0.29) is 28.6 Å². The van der Waals surface area contributed by atoms with Gasteiger partial charge in [-0.2, -0.15) is 5.06 Å². The topological polar surface area (TPSA) is 38.8 Å². The minimum atomic E-state index is -0.268. The Balaban J connectivity index is 1.68. The van der Waals surface area contributed by atoms with E-state index < -0.39 is 0 Å². The van der Waals surface area contributed by atoms with E-state index in [1.54, 1.807) is 12.1 Å². The van der Waals surface area contributed by atoms with Crippen molar-refractivity contribution in [3.05, 3.63) is 71.8 Å². The maximum atomic E-state index is 12.6. The average Bonchev–Trinajstić information content (AvgIpc) is 2.67. The molecule has 0 spiro atoms. The molecule has 2 aromatic carbocycles. The summed E-state index contributed by atoms with van der Waals surface area (Å²) in [6, 6.07) is 19.7. The second kappa shape index (κ2) is 8.52. The number of rotatable bonds is 6. The highest BCUT2D eigenvalue weighted by Crippen LogP contribution is 2.41. The van der Waals surface area contributed by atoms with Gasteiger partial charge in [0, 0.05) is 29.3 Å². The highest BCUT2D eigenvalue weighted by atomic mass is 16.7. The molecule has 162 valence electrons. The summed E-state index contributed by atoms with van der Waals surface area (Å²) in [6.07, 6.45) is 1.30. The number of benzene rings is 2. The van der Waals surface area contributed by atoms with Crippen LogP contribution in [0.1, 0.15) is 70.3 Å². The predicted molar refractivity (Wildman–Crippen MR) is 120 cm³/mol.